The zero-order valence-electron chi connectivity index (χ0n) is 10.3. The van der Waals surface area contributed by atoms with Crippen LogP contribution >= 0.6 is 11.6 Å². The van der Waals surface area contributed by atoms with Crippen molar-refractivity contribution in [2.75, 3.05) is 0 Å². The zero-order valence-corrected chi connectivity index (χ0v) is 11.1. The molecule has 1 unspecified atom stereocenters. The highest BCUT2D eigenvalue weighted by Gasteiger charge is 2.12. The van der Waals surface area contributed by atoms with Gasteiger partial charge >= 0.3 is 0 Å². The molecule has 0 radical (unpaired) electrons. The highest BCUT2D eigenvalue weighted by molar-refractivity contribution is 6.31. The Balaban J connectivity index is 2.22. The first kappa shape index (κ1) is 14.0. The third-order valence-corrected chi connectivity index (χ3v) is 3.23. The molecule has 1 nitrogen and oxygen atoms in total. The van der Waals surface area contributed by atoms with Crippen molar-refractivity contribution in [1.82, 2.24) is 0 Å². The van der Waals surface area contributed by atoms with Crippen molar-refractivity contribution in [2.24, 2.45) is 0 Å². The van der Waals surface area contributed by atoms with E-state index in [-0.39, 0.29) is 17.3 Å². The minimum absolute atomic E-state index is 0.210. The normalized spacial score (nSPS) is 12.5. The molecule has 0 spiro atoms. The molecule has 2 rings (SSSR count). The molecular formula is C15H13ClF2O. The molecule has 0 saturated heterocycles. The van der Waals surface area contributed by atoms with Crippen LogP contribution in [0.15, 0.2) is 36.4 Å². The van der Waals surface area contributed by atoms with Gasteiger partial charge in [0.1, 0.15) is 11.6 Å². The predicted octanol–water partition coefficient (Wildman–Crippen LogP) is 4.20. The fraction of sp³-hybridized carbons (Fsp3) is 0.200. The van der Waals surface area contributed by atoms with E-state index < -0.39 is 11.9 Å². The largest absolute Gasteiger partial charge is 0.388 e. The van der Waals surface area contributed by atoms with E-state index >= 15 is 0 Å². The van der Waals surface area contributed by atoms with Crippen molar-refractivity contribution in [3.05, 3.63) is 69.7 Å². The van der Waals surface area contributed by atoms with Crippen molar-refractivity contribution >= 4 is 11.6 Å². The number of rotatable bonds is 3. The van der Waals surface area contributed by atoms with E-state index in [1.165, 1.54) is 30.3 Å². The molecule has 100 valence electrons. The van der Waals surface area contributed by atoms with Crippen LogP contribution in [-0.4, -0.2) is 5.11 Å². The lowest BCUT2D eigenvalue weighted by Gasteiger charge is -2.13. The van der Waals surface area contributed by atoms with Crippen molar-refractivity contribution in [3.8, 4) is 0 Å². The van der Waals surface area contributed by atoms with Crippen LogP contribution in [0.25, 0.3) is 0 Å². The van der Waals surface area contributed by atoms with Gasteiger partial charge in [0.05, 0.1) is 6.10 Å². The molecule has 4 heteroatoms. The van der Waals surface area contributed by atoms with E-state index in [1.807, 2.05) is 0 Å². The SMILES string of the molecule is Cc1cc(F)cc(C(O)Cc2ccc(F)cc2Cl)c1. The molecule has 0 aliphatic heterocycles. The predicted molar refractivity (Wildman–Crippen MR) is 71.2 cm³/mol. The Morgan fingerprint density at radius 2 is 1.84 bits per heavy atom. The molecule has 2 aromatic rings. The Morgan fingerprint density at radius 3 is 2.47 bits per heavy atom. The maximum Gasteiger partial charge on any atom is 0.124 e. The van der Waals surface area contributed by atoms with Gasteiger partial charge in [-0.2, -0.15) is 0 Å². The highest BCUT2D eigenvalue weighted by atomic mass is 35.5. The van der Waals surface area contributed by atoms with Crippen LogP contribution in [0, 0.1) is 18.6 Å². The first-order valence-electron chi connectivity index (χ1n) is 5.85. The van der Waals surface area contributed by atoms with Gasteiger partial charge in [0.15, 0.2) is 0 Å². The van der Waals surface area contributed by atoms with Crippen LogP contribution in [0.2, 0.25) is 5.02 Å². The summed E-state index contributed by atoms with van der Waals surface area (Å²) >= 11 is 5.90. The number of halogens is 3. The third-order valence-electron chi connectivity index (χ3n) is 2.88. The number of aryl methyl sites for hydroxylation is 1. The topological polar surface area (TPSA) is 20.2 Å². The standard InChI is InChI=1S/C15H13ClF2O/c1-9-4-11(6-13(18)5-9)15(19)7-10-2-3-12(17)8-14(10)16/h2-6,8,15,19H,7H2,1H3. The van der Waals surface area contributed by atoms with Gasteiger partial charge in [-0.1, -0.05) is 23.7 Å². The summed E-state index contributed by atoms with van der Waals surface area (Å²) in [6.07, 6.45) is -0.667. The van der Waals surface area contributed by atoms with E-state index in [9.17, 15) is 13.9 Å². The molecule has 0 heterocycles. The van der Waals surface area contributed by atoms with Gasteiger partial charge in [-0.05, 0) is 47.9 Å². The van der Waals surface area contributed by atoms with Gasteiger partial charge < -0.3 is 5.11 Å². The Labute approximate surface area is 115 Å². The first-order chi connectivity index (χ1) is 8.95. The summed E-state index contributed by atoms with van der Waals surface area (Å²) in [6, 6.07) is 8.39. The van der Waals surface area contributed by atoms with Crippen LogP contribution in [-0.2, 0) is 6.42 Å². The molecule has 0 aromatic heterocycles. The summed E-state index contributed by atoms with van der Waals surface area (Å²) in [6.45, 7) is 1.75. The van der Waals surface area contributed by atoms with Gasteiger partial charge in [0.25, 0.3) is 0 Å². The van der Waals surface area contributed by atoms with Crippen LogP contribution in [0.3, 0.4) is 0 Å². The van der Waals surface area contributed by atoms with Crippen LogP contribution in [0.5, 0.6) is 0 Å². The second-order valence-corrected chi connectivity index (χ2v) is 4.92. The highest BCUT2D eigenvalue weighted by Crippen LogP contribution is 2.25. The van der Waals surface area contributed by atoms with E-state index in [0.717, 1.165) is 5.56 Å². The van der Waals surface area contributed by atoms with Gasteiger partial charge in [-0.15, -0.1) is 0 Å². The van der Waals surface area contributed by atoms with Crippen LogP contribution in [0.1, 0.15) is 22.8 Å². The molecule has 0 bridgehead atoms. The smallest absolute Gasteiger partial charge is 0.124 e. The Bertz CT molecular complexity index is 578. The maximum absolute atomic E-state index is 13.3. The fourth-order valence-electron chi connectivity index (χ4n) is 1.97. The number of hydrogen-bond donors (Lipinski definition) is 1. The summed E-state index contributed by atoms with van der Waals surface area (Å²) in [5.74, 6) is -0.816. The first-order valence-corrected chi connectivity index (χ1v) is 6.22. The summed E-state index contributed by atoms with van der Waals surface area (Å²) in [5, 5.41) is 10.4. The number of aliphatic hydroxyl groups is 1. The molecule has 19 heavy (non-hydrogen) atoms. The number of aliphatic hydroxyl groups excluding tert-OH is 1. The molecule has 1 atom stereocenters. The van der Waals surface area contributed by atoms with E-state index in [2.05, 4.69) is 0 Å². The molecule has 0 aliphatic carbocycles. The summed E-state index contributed by atoms with van der Waals surface area (Å²) in [7, 11) is 0. The second kappa shape index (κ2) is 5.68. The Morgan fingerprint density at radius 1 is 1.11 bits per heavy atom. The van der Waals surface area contributed by atoms with Crippen molar-refractivity contribution in [1.29, 1.82) is 0 Å². The average Bonchev–Trinajstić information content (AvgIpc) is 2.31. The maximum atomic E-state index is 13.3. The second-order valence-electron chi connectivity index (χ2n) is 4.52. The summed E-state index contributed by atoms with van der Waals surface area (Å²) < 4.78 is 26.2. The lowest BCUT2D eigenvalue weighted by molar-refractivity contribution is 0.178. The molecule has 0 fully saturated rings. The van der Waals surface area contributed by atoms with Gasteiger partial charge in [0, 0.05) is 11.4 Å². The van der Waals surface area contributed by atoms with Gasteiger partial charge in [-0.3, -0.25) is 0 Å². The van der Waals surface area contributed by atoms with Gasteiger partial charge in [0.2, 0.25) is 0 Å². The fourth-order valence-corrected chi connectivity index (χ4v) is 2.21. The summed E-state index contributed by atoms with van der Waals surface area (Å²) in [5.41, 5.74) is 1.84. The van der Waals surface area contributed by atoms with Crippen molar-refractivity contribution < 1.29 is 13.9 Å². The minimum atomic E-state index is -0.877. The molecular weight excluding hydrogens is 270 g/mol. The van der Waals surface area contributed by atoms with Crippen LogP contribution in [0.4, 0.5) is 8.78 Å². The average molecular weight is 283 g/mol. The van der Waals surface area contributed by atoms with E-state index in [4.69, 9.17) is 11.6 Å². The lowest BCUT2D eigenvalue weighted by atomic mass is 10.00. The van der Waals surface area contributed by atoms with Crippen molar-refractivity contribution in [2.45, 2.75) is 19.4 Å². The number of hydrogen-bond acceptors (Lipinski definition) is 1. The van der Waals surface area contributed by atoms with Crippen molar-refractivity contribution in [3.63, 3.8) is 0 Å². The van der Waals surface area contributed by atoms with Crippen LogP contribution < -0.4 is 0 Å². The van der Waals surface area contributed by atoms with E-state index in [1.54, 1.807) is 13.0 Å². The number of benzene rings is 2. The molecule has 0 amide bonds. The molecule has 1 N–H and O–H groups in total. The quantitative estimate of drug-likeness (QED) is 0.894. The third kappa shape index (κ3) is 3.52. The monoisotopic (exact) mass is 282 g/mol. The zero-order chi connectivity index (χ0) is 14.0. The molecule has 2 aromatic carbocycles. The Kier molecular flexibility index (Phi) is 4.17. The lowest BCUT2D eigenvalue weighted by Crippen LogP contribution is -2.03. The molecule has 0 saturated carbocycles. The van der Waals surface area contributed by atoms with Gasteiger partial charge in [-0.25, -0.2) is 8.78 Å². The Hall–Kier alpha value is -1.45. The minimum Gasteiger partial charge on any atom is -0.388 e. The molecule has 0 aliphatic rings. The summed E-state index contributed by atoms with van der Waals surface area (Å²) in [4.78, 5) is 0. The van der Waals surface area contributed by atoms with E-state index in [0.29, 0.717) is 11.1 Å².